The lowest BCUT2D eigenvalue weighted by Gasteiger charge is -2.08. The Labute approximate surface area is 111 Å². The lowest BCUT2D eigenvalue weighted by atomic mass is 10.2. The molecule has 0 amide bonds. The van der Waals surface area contributed by atoms with E-state index in [1.807, 2.05) is 31.3 Å². The molecule has 0 saturated heterocycles. The molecule has 0 fully saturated rings. The Morgan fingerprint density at radius 3 is 2.78 bits per heavy atom. The molecule has 0 saturated carbocycles. The van der Waals surface area contributed by atoms with Crippen molar-refractivity contribution in [1.29, 1.82) is 5.26 Å². The number of nitriles is 1. The zero-order chi connectivity index (χ0) is 13.0. The summed E-state index contributed by atoms with van der Waals surface area (Å²) in [5.74, 6) is 0. The van der Waals surface area contributed by atoms with Gasteiger partial charge in [0.25, 0.3) is 0 Å². The molecule has 0 bridgehead atoms. The first-order chi connectivity index (χ1) is 8.69. The predicted molar refractivity (Wildman–Crippen MR) is 72.5 cm³/mol. The molecular formula is C14H12ClN3. The van der Waals surface area contributed by atoms with E-state index >= 15 is 0 Å². The van der Waals surface area contributed by atoms with Gasteiger partial charge in [-0.05, 0) is 36.8 Å². The molecule has 0 unspecified atom stereocenters. The van der Waals surface area contributed by atoms with Gasteiger partial charge in [0.15, 0.2) is 0 Å². The van der Waals surface area contributed by atoms with E-state index in [1.54, 1.807) is 12.1 Å². The minimum absolute atomic E-state index is 0.550. The van der Waals surface area contributed by atoms with Crippen molar-refractivity contribution in [2.24, 2.45) is 0 Å². The first-order valence-electron chi connectivity index (χ1n) is 5.54. The number of aryl methyl sites for hydroxylation is 1. The summed E-state index contributed by atoms with van der Waals surface area (Å²) < 4.78 is 0. The summed E-state index contributed by atoms with van der Waals surface area (Å²) in [6.45, 7) is 2.60. The maximum Gasteiger partial charge on any atom is 0.0992 e. The van der Waals surface area contributed by atoms with E-state index in [9.17, 15) is 0 Å². The molecule has 0 aliphatic carbocycles. The lowest BCUT2D eigenvalue weighted by Crippen LogP contribution is -2.00. The number of benzene rings is 1. The van der Waals surface area contributed by atoms with Crippen LogP contribution in [-0.4, -0.2) is 4.98 Å². The third-order valence-corrected chi connectivity index (χ3v) is 2.87. The fourth-order valence-corrected chi connectivity index (χ4v) is 1.78. The predicted octanol–water partition coefficient (Wildman–Crippen LogP) is 3.53. The van der Waals surface area contributed by atoms with Crippen LogP contribution in [0.15, 0.2) is 36.5 Å². The second kappa shape index (κ2) is 5.52. The molecule has 4 heteroatoms. The second-order valence-corrected chi connectivity index (χ2v) is 4.38. The highest BCUT2D eigenvalue weighted by atomic mass is 35.5. The lowest BCUT2D eigenvalue weighted by molar-refractivity contribution is 1.09. The van der Waals surface area contributed by atoms with Crippen molar-refractivity contribution in [3.8, 4) is 6.07 Å². The van der Waals surface area contributed by atoms with Crippen LogP contribution in [0.3, 0.4) is 0 Å². The van der Waals surface area contributed by atoms with Crippen molar-refractivity contribution < 1.29 is 0 Å². The van der Waals surface area contributed by atoms with Gasteiger partial charge in [-0.3, -0.25) is 4.98 Å². The molecule has 0 spiro atoms. The maximum absolute atomic E-state index is 8.75. The van der Waals surface area contributed by atoms with Crippen LogP contribution in [0.4, 0.5) is 5.69 Å². The van der Waals surface area contributed by atoms with E-state index < -0.39 is 0 Å². The van der Waals surface area contributed by atoms with Crippen molar-refractivity contribution in [2.75, 3.05) is 5.32 Å². The number of hydrogen-bond acceptors (Lipinski definition) is 3. The minimum atomic E-state index is 0.550. The number of anilines is 1. The molecule has 0 radical (unpaired) electrons. The first kappa shape index (κ1) is 12.4. The second-order valence-electron chi connectivity index (χ2n) is 3.97. The summed E-state index contributed by atoms with van der Waals surface area (Å²) in [6, 6.07) is 11.2. The number of nitrogens with zero attached hydrogens (tertiary/aromatic N) is 2. The smallest absolute Gasteiger partial charge is 0.0992 e. The van der Waals surface area contributed by atoms with Gasteiger partial charge in [-0.2, -0.15) is 5.26 Å². The van der Waals surface area contributed by atoms with Gasteiger partial charge in [0, 0.05) is 18.4 Å². The molecule has 1 N–H and O–H groups in total. The molecule has 18 heavy (non-hydrogen) atoms. The molecule has 1 aromatic carbocycles. The van der Waals surface area contributed by atoms with E-state index in [-0.39, 0.29) is 0 Å². The van der Waals surface area contributed by atoms with Crippen molar-refractivity contribution in [1.82, 2.24) is 4.98 Å². The third kappa shape index (κ3) is 2.99. The van der Waals surface area contributed by atoms with E-state index in [0.717, 1.165) is 16.9 Å². The zero-order valence-electron chi connectivity index (χ0n) is 9.94. The van der Waals surface area contributed by atoms with Crippen LogP contribution in [-0.2, 0) is 6.54 Å². The summed E-state index contributed by atoms with van der Waals surface area (Å²) in [7, 11) is 0. The average molecular weight is 258 g/mol. The topological polar surface area (TPSA) is 48.7 Å². The van der Waals surface area contributed by atoms with Crippen LogP contribution in [0, 0.1) is 18.3 Å². The van der Waals surface area contributed by atoms with Gasteiger partial charge < -0.3 is 5.32 Å². The molecule has 1 aromatic heterocycles. The summed E-state index contributed by atoms with van der Waals surface area (Å²) in [6.07, 6.45) is 1.83. The molecule has 3 nitrogen and oxygen atoms in total. The Kier molecular flexibility index (Phi) is 3.81. The van der Waals surface area contributed by atoms with Crippen molar-refractivity contribution in [3.63, 3.8) is 0 Å². The van der Waals surface area contributed by atoms with Gasteiger partial charge in [-0.1, -0.05) is 17.7 Å². The molecule has 1 heterocycles. The fourth-order valence-electron chi connectivity index (χ4n) is 1.53. The van der Waals surface area contributed by atoms with Crippen molar-refractivity contribution >= 4 is 17.3 Å². The van der Waals surface area contributed by atoms with E-state index in [0.29, 0.717) is 17.1 Å². The highest BCUT2D eigenvalue weighted by Gasteiger charge is 2.01. The van der Waals surface area contributed by atoms with Gasteiger partial charge in [-0.25, -0.2) is 0 Å². The Morgan fingerprint density at radius 2 is 2.17 bits per heavy atom. The first-order valence-corrected chi connectivity index (χ1v) is 5.92. The third-order valence-electron chi connectivity index (χ3n) is 2.55. The number of pyridine rings is 1. The van der Waals surface area contributed by atoms with Gasteiger partial charge in [-0.15, -0.1) is 0 Å². The highest BCUT2D eigenvalue weighted by Crippen LogP contribution is 2.23. The summed E-state index contributed by atoms with van der Waals surface area (Å²) in [4.78, 5) is 4.23. The number of halogens is 1. The van der Waals surface area contributed by atoms with E-state index in [2.05, 4.69) is 16.4 Å². The molecule has 90 valence electrons. The summed E-state index contributed by atoms with van der Waals surface area (Å²) in [5, 5.41) is 12.5. The number of rotatable bonds is 3. The molecule has 0 aliphatic rings. The Morgan fingerprint density at radius 1 is 1.33 bits per heavy atom. The SMILES string of the molecule is Cc1ccc(CNc2ccc(C#N)cc2Cl)cn1. The average Bonchev–Trinajstić information content (AvgIpc) is 2.39. The van der Waals surface area contributed by atoms with Gasteiger partial charge in [0.1, 0.15) is 0 Å². The molecule has 0 atom stereocenters. The molecule has 2 aromatic rings. The molecule has 2 rings (SSSR count). The zero-order valence-corrected chi connectivity index (χ0v) is 10.7. The van der Waals surface area contributed by atoms with Crippen LogP contribution < -0.4 is 5.32 Å². The standard InChI is InChI=1S/C14H12ClN3/c1-10-2-3-12(8-17-10)9-18-14-5-4-11(7-16)6-13(14)15/h2-6,8,18H,9H2,1H3. The van der Waals surface area contributed by atoms with Crippen LogP contribution in [0.5, 0.6) is 0 Å². The largest absolute Gasteiger partial charge is 0.380 e. The Balaban J connectivity index is 2.06. The Hall–Kier alpha value is -2.05. The van der Waals surface area contributed by atoms with E-state index in [4.69, 9.17) is 16.9 Å². The summed E-state index contributed by atoms with van der Waals surface area (Å²) in [5.41, 5.74) is 3.45. The molecular weight excluding hydrogens is 246 g/mol. The fraction of sp³-hybridized carbons (Fsp3) is 0.143. The van der Waals surface area contributed by atoms with Gasteiger partial charge >= 0.3 is 0 Å². The quantitative estimate of drug-likeness (QED) is 0.915. The number of hydrogen-bond donors (Lipinski definition) is 1. The highest BCUT2D eigenvalue weighted by molar-refractivity contribution is 6.33. The van der Waals surface area contributed by atoms with Crippen LogP contribution in [0.2, 0.25) is 5.02 Å². The van der Waals surface area contributed by atoms with E-state index in [1.165, 1.54) is 0 Å². The van der Waals surface area contributed by atoms with Gasteiger partial charge in [0.2, 0.25) is 0 Å². The number of aromatic nitrogens is 1. The molecule has 0 aliphatic heterocycles. The maximum atomic E-state index is 8.75. The van der Waals surface area contributed by atoms with Gasteiger partial charge in [0.05, 0.1) is 22.3 Å². The van der Waals surface area contributed by atoms with Crippen LogP contribution >= 0.6 is 11.6 Å². The van der Waals surface area contributed by atoms with Crippen LogP contribution in [0.25, 0.3) is 0 Å². The minimum Gasteiger partial charge on any atom is -0.380 e. The monoisotopic (exact) mass is 257 g/mol. The normalized spacial score (nSPS) is 9.83. The van der Waals surface area contributed by atoms with Crippen molar-refractivity contribution in [2.45, 2.75) is 13.5 Å². The number of nitrogens with one attached hydrogen (secondary N) is 1. The van der Waals surface area contributed by atoms with Crippen molar-refractivity contribution in [3.05, 3.63) is 58.4 Å². The van der Waals surface area contributed by atoms with Crippen LogP contribution in [0.1, 0.15) is 16.8 Å². The Bertz CT molecular complexity index is 585. The summed E-state index contributed by atoms with van der Waals surface area (Å²) >= 11 is 6.07.